The number of halogens is 1. The lowest BCUT2D eigenvalue weighted by Gasteiger charge is -2.30. The molecule has 1 amide bonds. The number of carbonyl (C=O) groups is 1. The molecule has 2 rings (SSSR count). The van der Waals surface area contributed by atoms with Crippen LogP contribution in [0.5, 0.6) is 5.75 Å². The van der Waals surface area contributed by atoms with Gasteiger partial charge in [0, 0.05) is 16.8 Å². The molecule has 0 fully saturated rings. The standard InChI is InChI=1S/C19H23ClN2O4S/c1-5-18(19(23)21-17-11-7-10-16(20)13(17)2)22(27(4,24)25)14-8-6-9-15(12-14)26-3/h6-12,18H,5H2,1-4H3,(H,21,23)/t18-/m0/s1. The molecule has 0 bridgehead atoms. The van der Waals surface area contributed by atoms with Crippen molar-refractivity contribution in [3.63, 3.8) is 0 Å². The van der Waals surface area contributed by atoms with E-state index in [-0.39, 0.29) is 6.42 Å². The fraction of sp³-hybridized carbons (Fsp3) is 0.316. The molecule has 8 heteroatoms. The van der Waals surface area contributed by atoms with Crippen molar-refractivity contribution in [2.24, 2.45) is 0 Å². The van der Waals surface area contributed by atoms with Crippen molar-refractivity contribution in [1.82, 2.24) is 0 Å². The first-order chi connectivity index (χ1) is 12.7. The van der Waals surface area contributed by atoms with Crippen LogP contribution in [0, 0.1) is 6.92 Å². The van der Waals surface area contributed by atoms with E-state index in [1.54, 1.807) is 56.3 Å². The minimum atomic E-state index is -3.72. The van der Waals surface area contributed by atoms with E-state index in [1.165, 1.54) is 7.11 Å². The second kappa shape index (κ2) is 8.63. The van der Waals surface area contributed by atoms with Gasteiger partial charge in [-0.3, -0.25) is 9.10 Å². The van der Waals surface area contributed by atoms with Gasteiger partial charge in [0.05, 0.1) is 19.1 Å². The zero-order chi connectivity index (χ0) is 20.2. The largest absolute Gasteiger partial charge is 0.497 e. The third-order valence-electron chi connectivity index (χ3n) is 4.16. The SMILES string of the molecule is CC[C@@H](C(=O)Nc1cccc(Cl)c1C)N(c1cccc(OC)c1)S(C)(=O)=O. The van der Waals surface area contributed by atoms with Crippen molar-refractivity contribution in [2.75, 3.05) is 23.0 Å². The van der Waals surface area contributed by atoms with Crippen molar-refractivity contribution < 1.29 is 17.9 Å². The summed E-state index contributed by atoms with van der Waals surface area (Å²) >= 11 is 6.10. The molecular weight excluding hydrogens is 388 g/mol. The molecule has 0 saturated heterocycles. The van der Waals surface area contributed by atoms with Gasteiger partial charge in [0.15, 0.2) is 0 Å². The van der Waals surface area contributed by atoms with Gasteiger partial charge >= 0.3 is 0 Å². The average Bonchev–Trinajstić information content (AvgIpc) is 2.62. The first-order valence-corrected chi connectivity index (χ1v) is 10.6. The number of anilines is 2. The lowest BCUT2D eigenvalue weighted by molar-refractivity contribution is -0.117. The first-order valence-electron chi connectivity index (χ1n) is 8.38. The van der Waals surface area contributed by atoms with Crippen LogP contribution in [0.3, 0.4) is 0 Å². The Kier molecular flexibility index (Phi) is 6.73. The molecule has 0 unspecified atom stereocenters. The Morgan fingerprint density at radius 2 is 1.93 bits per heavy atom. The zero-order valence-electron chi connectivity index (χ0n) is 15.7. The van der Waals surface area contributed by atoms with Crippen LogP contribution < -0.4 is 14.4 Å². The van der Waals surface area contributed by atoms with Crippen molar-refractivity contribution in [3.8, 4) is 5.75 Å². The number of hydrogen-bond acceptors (Lipinski definition) is 4. The van der Waals surface area contributed by atoms with Crippen molar-refractivity contribution in [1.29, 1.82) is 0 Å². The summed E-state index contributed by atoms with van der Waals surface area (Å²) in [6.45, 7) is 3.54. The monoisotopic (exact) mass is 410 g/mol. The number of sulfonamides is 1. The predicted molar refractivity (Wildman–Crippen MR) is 109 cm³/mol. The molecule has 0 saturated carbocycles. The Morgan fingerprint density at radius 1 is 1.26 bits per heavy atom. The summed E-state index contributed by atoms with van der Waals surface area (Å²) in [6.07, 6.45) is 1.36. The van der Waals surface area contributed by atoms with E-state index in [2.05, 4.69) is 5.32 Å². The molecule has 0 aliphatic heterocycles. The summed E-state index contributed by atoms with van der Waals surface area (Å²) in [5.74, 6) is 0.0678. The van der Waals surface area contributed by atoms with Crippen LogP contribution in [0.15, 0.2) is 42.5 Å². The molecule has 0 aromatic heterocycles. The maximum atomic E-state index is 12.9. The quantitative estimate of drug-likeness (QED) is 0.752. The van der Waals surface area contributed by atoms with Crippen LogP contribution in [0.4, 0.5) is 11.4 Å². The van der Waals surface area contributed by atoms with E-state index in [1.807, 2.05) is 0 Å². The number of nitrogens with one attached hydrogen (secondary N) is 1. The molecule has 27 heavy (non-hydrogen) atoms. The third-order valence-corrected chi connectivity index (χ3v) is 5.75. The minimum absolute atomic E-state index is 0.287. The Labute approximate surface area is 165 Å². The molecule has 2 aromatic rings. The molecule has 0 spiro atoms. The number of carbonyl (C=O) groups excluding carboxylic acids is 1. The van der Waals surface area contributed by atoms with Crippen molar-refractivity contribution >= 4 is 38.9 Å². The molecule has 1 atom stereocenters. The van der Waals surface area contributed by atoms with Crippen molar-refractivity contribution in [3.05, 3.63) is 53.1 Å². The lowest BCUT2D eigenvalue weighted by atomic mass is 10.1. The van der Waals surface area contributed by atoms with E-state index in [9.17, 15) is 13.2 Å². The summed E-state index contributed by atoms with van der Waals surface area (Å²) in [4.78, 5) is 12.9. The van der Waals surface area contributed by atoms with Crippen LogP contribution in [0.2, 0.25) is 5.02 Å². The second-order valence-corrected chi connectivity index (χ2v) is 8.35. The molecule has 146 valence electrons. The minimum Gasteiger partial charge on any atom is -0.497 e. The van der Waals surface area contributed by atoms with E-state index >= 15 is 0 Å². The number of rotatable bonds is 7. The number of benzene rings is 2. The number of methoxy groups -OCH3 is 1. The fourth-order valence-electron chi connectivity index (χ4n) is 2.77. The van der Waals surface area contributed by atoms with E-state index in [0.717, 1.165) is 16.1 Å². The zero-order valence-corrected chi connectivity index (χ0v) is 17.3. The summed E-state index contributed by atoms with van der Waals surface area (Å²) in [7, 11) is -2.22. The van der Waals surface area contributed by atoms with Crippen LogP contribution in [0.1, 0.15) is 18.9 Å². The first kappa shape index (κ1) is 21.1. The summed E-state index contributed by atoms with van der Waals surface area (Å²) in [5, 5.41) is 3.31. The maximum absolute atomic E-state index is 12.9. The van der Waals surface area contributed by atoms with Gasteiger partial charge in [0.2, 0.25) is 15.9 Å². The van der Waals surface area contributed by atoms with E-state index < -0.39 is 22.0 Å². The Balaban J connectivity index is 2.43. The smallest absolute Gasteiger partial charge is 0.248 e. The topological polar surface area (TPSA) is 75.7 Å². The fourth-order valence-corrected chi connectivity index (χ4v) is 4.14. The van der Waals surface area contributed by atoms with Crippen LogP contribution in [-0.4, -0.2) is 33.7 Å². The Bertz CT molecular complexity index is 931. The highest BCUT2D eigenvalue weighted by Crippen LogP contribution is 2.28. The van der Waals surface area contributed by atoms with Gasteiger partial charge in [-0.1, -0.05) is 30.7 Å². The van der Waals surface area contributed by atoms with Gasteiger partial charge in [-0.25, -0.2) is 8.42 Å². The van der Waals surface area contributed by atoms with Crippen LogP contribution in [-0.2, 0) is 14.8 Å². The van der Waals surface area contributed by atoms with Crippen molar-refractivity contribution in [2.45, 2.75) is 26.3 Å². The second-order valence-electron chi connectivity index (χ2n) is 6.09. The van der Waals surface area contributed by atoms with Gasteiger partial charge in [0.1, 0.15) is 11.8 Å². The summed E-state index contributed by atoms with van der Waals surface area (Å²) in [5.41, 5.74) is 1.63. The third kappa shape index (κ3) is 4.93. The predicted octanol–water partition coefficient (Wildman–Crippen LogP) is 3.84. The van der Waals surface area contributed by atoms with Gasteiger partial charge in [0.25, 0.3) is 0 Å². The van der Waals surface area contributed by atoms with E-state index in [0.29, 0.717) is 22.1 Å². The molecule has 0 aliphatic carbocycles. The highest BCUT2D eigenvalue weighted by atomic mass is 35.5. The highest BCUT2D eigenvalue weighted by Gasteiger charge is 2.32. The number of ether oxygens (including phenoxy) is 1. The van der Waals surface area contributed by atoms with Gasteiger partial charge in [-0.2, -0.15) is 0 Å². The Morgan fingerprint density at radius 3 is 2.52 bits per heavy atom. The Hall–Kier alpha value is -2.25. The molecule has 0 heterocycles. The number of nitrogens with zero attached hydrogens (tertiary/aromatic N) is 1. The molecule has 0 aliphatic rings. The molecule has 6 nitrogen and oxygen atoms in total. The van der Waals surface area contributed by atoms with Gasteiger partial charge in [-0.15, -0.1) is 0 Å². The molecule has 1 N–H and O–H groups in total. The number of amides is 1. The van der Waals surface area contributed by atoms with E-state index in [4.69, 9.17) is 16.3 Å². The normalized spacial score (nSPS) is 12.3. The van der Waals surface area contributed by atoms with Crippen LogP contribution in [0.25, 0.3) is 0 Å². The van der Waals surface area contributed by atoms with Gasteiger partial charge < -0.3 is 10.1 Å². The molecule has 2 aromatic carbocycles. The van der Waals surface area contributed by atoms with Gasteiger partial charge in [-0.05, 0) is 43.2 Å². The summed E-state index contributed by atoms with van der Waals surface area (Å²) < 4.78 is 31.3. The lowest BCUT2D eigenvalue weighted by Crippen LogP contribution is -2.47. The maximum Gasteiger partial charge on any atom is 0.248 e. The molecular formula is C19H23ClN2O4S. The number of hydrogen-bond donors (Lipinski definition) is 1. The van der Waals surface area contributed by atoms with Crippen LogP contribution >= 0.6 is 11.6 Å². The summed E-state index contributed by atoms with van der Waals surface area (Å²) in [6, 6.07) is 10.8. The average molecular weight is 411 g/mol. The molecule has 0 radical (unpaired) electrons. The highest BCUT2D eigenvalue weighted by molar-refractivity contribution is 7.92.